The third kappa shape index (κ3) is 2.65. The zero-order valence-electron chi connectivity index (χ0n) is 8.17. The second-order valence-electron chi connectivity index (χ2n) is 3.51. The maximum Gasteiger partial charge on any atom is 0.310 e. The van der Waals surface area contributed by atoms with E-state index < -0.39 is 30.3 Å². The topological polar surface area (TPSA) is 119 Å². The number of hydrogen-bond donors (Lipinski definition) is 5. The van der Waals surface area contributed by atoms with Gasteiger partial charge in [-0.2, -0.15) is 0 Å². The number of carboxylic acids is 1. The molecule has 0 aromatic rings. The van der Waals surface area contributed by atoms with Crippen molar-refractivity contribution >= 4 is 11.9 Å². The van der Waals surface area contributed by atoms with Crippen molar-refractivity contribution in [1.82, 2.24) is 10.6 Å². The van der Waals surface area contributed by atoms with E-state index in [0.29, 0.717) is 0 Å². The normalized spacial score (nSPS) is 35.9. The van der Waals surface area contributed by atoms with Crippen molar-refractivity contribution in [1.29, 1.82) is 0 Å². The van der Waals surface area contributed by atoms with E-state index in [-0.39, 0.29) is 12.5 Å². The van der Waals surface area contributed by atoms with Crippen LogP contribution in [-0.4, -0.2) is 52.1 Å². The van der Waals surface area contributed by atoms with Crippen molar-refractivity contribution in [2.75, 3.05) is 6.54 Å². The zero-order chi connectivity index (χ0) is 11.6. The molecule has 86 valence electrons. The van der Waals surface area contributed by atoms with E-state index in [1.807, 2.05) is 0 Å². The third-order valence-corrected chi connectivity index (χ3v) is 2.34. The van der Waals surface area contributed by atoms with E-state index in [1.54, 1.807) is 0 Å². The van der Waals surface area contributed by atoms with Crippen LogP contribution in [0.2, 0.25) is 0 Å². The van der Waals surface area contributed by atoms with Crippen molar-refractivity contribution in [3.63, 3.8) is 0 Å². The van der Waals surface area contributed by atoms with Crippen molar-refractivity contribution in [3.8, 4) is 0 Å². The Balaban J connectivity index is 2.64. The third-order valence-electron chi connectivity index (χ3n) is 2.34. The molecule has 7 heteroatoms. The summed E-state index contributed by atoms with van der Waals surface area (Å²) in [5.41, 5.74) is 0. The Morgan fingerprint density at radius 3 is 2.40 bits per heavy atom. The lowest BCUT2D eigenvalue weighted by Crippen LogP contribution is -2.64. The number of aliphatic hydroxyl groups excluding tert-OH is 2. The van der Waals surface area contributed by atoms with Crippen LogP contribution >= 0.6 is 0 Å². The molecule has 0 spiro atoms. The highest BCUT2D eigenvalue weighted by atomic mass is 16.4. The fourth-order valence-corrected chi connectivity index (χ4v) is 1.52. The molecule has 15 heavy (non-hydrogen) atoms. The molecule has 0 unspecified atom stereocenters. The van der Waals surface area contributed by atoms with Crippen LogP contribution < -0.4 is 10.6 Å². The van der Waals surface area contributed by atoms with Crippen LogP contribution in [-0.2, 0) is 9.59 Å². The molecule has 1 fully saturated rings. The molecule has 4 atom stereocenters. The number of aliphatic hydroxyl groups is 2. The number of rotatable bonds is 2. The van der Waals surface area contributed by atoms with Crippen molar-refractivity contribution in [2.24, 2.45) is 5.92 Å². The summed E-state index contributed by atoms with van der Waals surface area (Å²) in [4.78, 5) is 21.4. The molecule has 1 amide bonds. The van der Waals surface area contributed by atoms with Crippen LogP contribution in [0.3, 0.4) is 0 Å². The second-order valence-corrected chi connectivity index (χ2v) is 3.51. The number of aliphatic carboxylic acids is 1. The molecular formula is C8H14N2O5. The van der Waals surface area contributed by atoms with Gasteiger partial charge in [-0.05, 0) is 0 Å². The molecule has 0 radical (unpaired) electrons. The lowest BCUT2D eigenvalue weighted by molar-refractivity contribution is -0.153. The summed E-state index contributed by atoms with van der Waals surface area (Å²) >= 11 is 0. The molecule has 0 aromatic carbocycles. The quantitative estimate of drug-likeness (QED) is 0.349. The fraction of sp³-hybridized carbons (Fsp3) is 0.750. The van der Waals surface area contributed by atoms with Crippen molar-refractivity contribution in [2.45, 2.75) is 25.3 Å². The first-order valence-electron chi connectivity index (χ1n) is 4.53. The Morgan fingerprint density at radius 2 is 1.93 bits per heavy atom. The average molecular weight is 218 g/mol. The molecule has 0 aliphatic carbocycles. The van der Waals surface area contributed by atoms with E-state index in [1.165, 1.54) is 6.92 Å². The van der Waals surface area contributed by atoms with Gasteiger partial charge in [-0.3, -0.25) is 14.9 Å². The summed E-state index contributed by atoms with van der Waals surface area (Å²) in [5, 5.41) is 32.7. The van der Waals surface area contributed by atoms with Gasteiger partial charge in [0, 0.05) is 13.5 Å². The number of carbonyl (C=O) groups is 2. The van der Waals surface area contributed by atoms with Gasteiger partial charge in [-0.25, -0.2) is 0 Å². The Bertz CT molecular complexity index is 268. The van der Waals surface area contributed by atoms with Crippen LogP contribution in [0.1, 0.15) is 6.92 Å². The Hall–Kier alpha value is -1.18. The summed E-state index contributed by atoms with van der Waals surface area (Å²) in [7, 11) is 0. The molecule has 0 bridgehead atoms. The van der Waals surface area contributed by atoms with Gasteiger partial charge in [0.25, 0.3) is 0 Å². The molecule has 5 N–H and O–H groups in total. The molecule has 1 saturated heterocycles. The largest absolute Gasteiger partial charge is 0.481 e. The molecule has 1 aliphatic heterocycles. The molecule has 1 heterocycles. The second kappa shape index (κ2) is 4.56. The highest BCUT2D eigenvalue weighted by molar-refractivity contribution is 5.74. The molecule has 7 nitrogen and oxygen atoms in total. The van der Waals surface area contributed by atoms with E-state index in [9.17, 15) is 19.8 Å². The number of nitrogens with one attached hydrogen (secondary N) is 2. The predicted octanol–water partition coefficient (Wildman–Crippen LogP) is -2.53. The Kier molecular flexibility index (Phi) is 3.61. The van der Waals surface area contributed by atoms with Gasteiger partial charge >= 0.3 is 5.97 Å². The van der Waals surface area contributed by atoms with Gasteiger partial charge in [0.15, 0.2) is 0 Å². The molecule has 1 aliphatic rings. The minimum Gasteiger partial charge on any atom is -0.481 e. The summed E-state index contributed by atoms with van der Waals surface area (Å²) in [6, 6.07) is 0. The minimum atomic E-state index is -1.39. The van der Waals surface area contributed by atoms with Gasteiger partial charge in [0.1, 0.15) is 12.3 Å². The first-order valence-corrected chi connectivity index (χ1v) is 4.53. The van der Waals surface area contributed by atoms with E-state index in [0.717, 1.165) is 0 Å². The maximum atomic E-state index is 10.7. The fourth-order valence-electron chi connectivity index (χ4n) is 1.52. The maximum absolute atomic E-state index is 10.7. The number of piperidine rings is 1. The molecule has 0 aromatic heterocycles. The predicted molar refractivity (Wildman–Crippen MR) is 48.7 cm³/mol. The van der Waals surface area contributed by atoms with Crippen molar-refractivity contribution in [3.05, 3.63) is 0 Å². The van der Waals surface area contributed by atoms with Crippen LogP contribution in [0, 0.1) is 5.92 Å². The lowest BCUT2D eigenvalue weighted by atomic mass is 9.92. The van der Waals surface area contributed by atoms with Gasteiger partial charge < -0.3 is 20.6 Å². The lowest BCUT2D eigenvalue weighted by Gasteiger charge is -2.36. The summed E-state index contributed by atoms with van der Waals surface area (Å²) in [6.07, 6.45) is -3.53. The van der Waals surface area contributed by atoms with Gasteiger partial charge in [0.2, 0.25) is 5.91 Å². The van der Waals surface area contributed by atoms with E-state index in [2.05, 4.69) is 10.6 Å². The highest BCUT2D eigenvalue weighted by Crippen LogP contribution is 2.15. The summed E-state index contributed by atoms with van der Waals surface area (Å²) < 4.78 is 0. The number of carbonyl (C=O) groups excluding carboxylic acids is 1. The van der Waals surface area contributed by atoms with Gasteiger partial charge in [-0.15, -0.1) is 0 Å². The standard InChI is InChI=1S/C8H14N2O5/c1-3(11)10-7-6(13)5(12)4(2-9-7)8(14)15/h4-7,9,12-13H,2H2,1H3,(H,10,11)(H,14,15)/t4-,5-,6-,7+/m0/s1. The van der Waals surface area contributed by atoms with Crippen LogP contribution in [0.25, 0.3) is 0 Å². The number of amides is 1. The Morgan fingerprint density at radius 1 is 1.33 bits per heavy atom. The SMILES string of the molecule is CC(=O)N[C@H]1NC[C@H](C(=O)O)[C@H](O)[C@@H]1O. The number of carboxylic acid groups (broad SMARTS) is 1. The van der Waals surface area contributed by atoms with Crippen LogP contribution in [0.5, 0.6) is 0 Å². The first kappa shape index (κ1) is 11.9. The minimum absolute atomic E-state index is 0.00148. The molecular weight excluding hydrogens is 204 g/mol. The Labute approximate surface area is 86.1 Å². The van der Waals surface area contributed by atoms with E-state index >= 15 is 0 Å². The average Bonchev–Trinajstić information content (AvgIpc) is 2.12. The zero-order valence-corrected chi connectivity index (χ0v) is 8.17. The molecule has 1 rings (SSSR count). The van der Waals surface area contributed by atoms with E-state index in [4.69, 9.17) is 5.11 Å². The summed E-state index contributed by atoms with van der Waals surface area (Å²) in [5.74, 6) is -2.62. The number of hydrogen-bond acceptors (Lipinski definition) is 5. The first-order chi connectivity index (χ1) is 6.93. The van der Waals surface area contributed by atoms with Gasteiger partial charge in [0.05, 0.1) is 12.0 Å². The van der Waals surface area contributed by atoms with Gasteiger partial charge in [-0.1, -0.05) is 0 Å². The monoisotopic (exact) mass is 218 g/mol. The van der Waals surface area contributed by atoms with Crippen LogP contribution in [0.4, 0.5) is 0 Å². The smallest absolute Gasteiger partial charge is 0.310 e. The van der Waals surface area contributed by atoms with Crippen molar-refractivity contribution < 1.29 is 24.9 Å². The molecule has 0 saturated carbocycles. The summed E-state index contributed by atoms with van der Waals surface area (Å²) in [6.45, 7) is 1.27. The highest BCUT2D eigenvalue weighted by Gasteiger charge is 2.41. The van der Waals surface area contributed by atoms with Crippen LogP contribution in [0.15, 0.2) is 0 Å².